The fourth-order valence-corrected chi connectivity index (χ4v) is 0. The van der Waals surface area contributed by atoms with Gasteiger partial charge in [-0.2, -0.15) is 0 Å². The first-order valence-electron chi connectivity index (χ1n) is 0.623. The normalized spacial score (nSPS) is 6.00. The van der Waals surface area contributed by atoms with E-state index in [4.69, 9.17) is 9.79 Å². The third kappa shape index (κ3) is 49.3. The molecule has 0 aromatic carbocycles. The van der Waals surface area contributed by atoms with Crippen LogP contribution >= 0.6 is 8.53 Å². The van der Waals surface area contributed by atoms with E-state index >= 15 is 0 Å². The zero-order chi connectivity index (χ0) is 3.58. The quantitative estimate of drug-likeness (QED) is 0.239. The van der Waals surface area contributed by atoms with E-state index in [1.807, 2.05) is 0 Å². The van der Waals surface area contributed by atoms with Crippen molar-refractivity contribution < 1.29 is 47.5 Å². The van der Waals surface area contributed by atoms with Crippen LogP contribution in [0.25, 0.3) is 0 Å². The number of hydrogen-bond acceptors (Lipinski definition) is 3. The fourth-order valence-electron chi connectivity index (χ4n) is 0. The van der Waals surface area contributed by atoms with Crippen LogP contribution in [0.1, 0.15) is 0 Å². The second-order valence-corrected chi connectivity index (χ2v) is 0.856. The molecular weight excluding hydrogens is 90.9 g/mol. The first kappa shape index (κ1) is 15.6. The summed E-state index contributed by atoms with van der Waals surface area (Å²) in [4.78, 5) is 17.6. The van der Waals surface area contributed by atoms with Crippen molar-refractivity contribution in [1.82, 2.24) is 0 Å². The minimum atomic E-state index is -2.62. The molecule has 0 bridgehead atoms. The van der Waals surface area contributed by atoms with Gasteiger partial charge in [0, 0.05) is 0 Å². The van der Waals surface area contributed by atoms with Gasteiger partial charge in [-0.15, -0.1) is 0 Å². The molecule has 0 saturated carbocycles. The minimum Gasteiger partial charge on any atom is -0.830 e. The zero-order valence-electron chi connectivity index (χ0n) is 3.84. The molecular formula is H2Li2NO2P. The summed E-state index contributed by atoms with van der Waals surface area (Å²) < 4.78 is 0. The van der Waals surface area contributed by atoms with Crippen LogP contribution in [0.15, 0.2) is 0 Å². The molecule has 0 aliphatic carbocycles. The molecule has 26 valence electrons. The van der Waals surface area contributed by atoms with Crippen molar-refractivity contribution >= 4 is 8.53 Å². The van der Waals surface area contributed by atoms with Crippen LogP contribution in [0, 0.1) is 0 Å². The SMILES string of the molecule is NP([O-])[O-].[Li+].[Li+]. The summed E-state index contributed by atoms with van der Waals surface area (Å²) in [6, 6.07) is 0. The Balaban J connectivity index is -0.0000000450. The summed E-state index contributed by atoms with van der Waals surface area (Å²) in [6.07, 6.45) is 0. The molecule has 0 radical (unpaired) electrons. The Morgan fingerprint density at radius 2 is 1.17 bits per heavy atom. The fraction of sp³-hybridized carbons (Fsp3) is 0. The maximum Gasteiger partial charge on any atom is 1.00 e. The standard InChI is InChI=1S/2Li.H2NO2P/c;;1-4(2)3/h;;1H2/q2*+1;-2. The first-order valence-corrected chi connectivity index (χ1v) is 1.87. The molecule has 0 atom stereocenters. The molecule has 0 rings (SSSR count). The van der Waals surface area contributed by atoms with Crippen LogP contribution in [-0.4, -0.2) is 0 Å². The average Bonchev–Trinajstić information content (AvgIpc) is 0.811. The van der Waals surface area contributed by atoms with Crippen LogP contribution in [0.2, 0.25) is 0 Å². The van der Waals surface area contributed by atoms with Gasteiger partial charge in [-0.05, 0) is 0 Å². The summed E-state index contributed by atoms with van der Waals surface area (Å²) in [5.74, 6) is 0. The van der Waals surface area contributed by atoms with Crippen molar-refractivity contribution in [1.29, 1.82) is 0 Å². The van der Waals surface area contributed by atoms with Crippen molar-refractivity contribution in [2.24, 2.45) is 5.50 Å². The van der Waals surface area contributed by atoms with Gasteiger partial charge < -0.3 is 15.3 Å². The van der Waals surface area contributed by atoms with Crippen molar-refractivity contribution in [2.75, 3.05) is 0 Å². The molecule has 2 N–H and O–H groups in total. The van der Waals surface area contributed by atoms with Gasteiger partial charge in [0.2, 0.25) is 0 Å². The average molecular weight is 92.9 g/mol. The maximum atomic E-state index is 8.81. The molecule has 0 fully saturated rings. The zero-order valence-corrected chi connectivity index (χ0v) is 4.74. The van der Waals surface area contributed by atoms with Gasteiger partial charge in [-0.1, -0.05) is 0 Å². The first-order chi connectivity index (χ1) is 1.73. The van der Waals surface area contributed by atoms with E-state index in [2.05, 4.69) is 5.50 Å². The van der Waals surface area contributed by atoms with Crippen LogP contribution < -0.4 is 53.0 Å². The van der Waals surface area contributed by atoms with Gasteiger partial charge in [0.25, 0.3) is 0 Å². The molecule has 0 aliphatic rings. The predicted molar refractivity (Wildman–Crippen MR) is 11.1 cm³/mol. The second-order valence-electron chi connectivity index (χ2n) is 0.285. The number of rotatable bonds is 0. The van der Waals surface area contributed by atoms with Gasteiger partial charge in [0.1, 0.15) is 0 Å². The smallest absolute Gasteiger partial charge is 0.830 e. The maximum absolute atomic E-state index is 8.81. The topological polar surface area (TPSA) is 72.1 Å². The Bertz CT molecular complexity index is 16.3. The monoisotopic (exact) mass is 93.0 g/mol. The minimum absolute atomic E-state index is 0. The predicted octanol–water partition coefficient (Wildman–Crippen LogP) is -8.10. The Hall–Kier alpha value is 1.50. The van der Waals surface area contributed by atoms with Crippen LogP contribution in [0.4, 0.5) is 0 Å². The van der Waals surface area contributed by atoms with Gasteiger partial charge in [0.15, 0.2) is 0 Å². The molecule has 0 aliphatic heterocycles. The Labute approximate surface area is 61.6 Å². The van der Waals surface area contributed by atoms with E-state index in [-0.39, 0.29) is 37.7 Å². The number of nitrogens with two attached hydrogens (primary N) is 1. The Morgan fingerprint density at radius 3 is 1.17 bits per heavy atom. The van der Waals surface area contributed by atoms with Crippen molar-refractivity contribution in [3.05, 3.63) is 0 Å². The third-order valence-electron chi connectivity index (χ3n) is 0. The molecule has 6 heteroatoms. The van der Waals surface area contributed by atoms with E-state index < -0.39 is 8.53 Å². The van der Waals surface area contributed by atoms with E-state index in [1.165, 1.54) is 0 Å². The molecule has 0 aromatic heterocycles. The summed E-state index contributed by atoms with van der Waals surface area (Å²) in [5, 5.41) is 0. The summed E-state index contributed by atoms with van der Waals surface area (Å²) in [5.41, 5.74) is 4.06. The van der Waals surface area contributed by atoms with Crippen molar-refractivity contribution in [3.8, 4) is 0 Å². The summed E-state index contributed by atoms with van der Waals surface area (Å²) in [7, 11) is -2.62. The van der Waals surface area contributed by atoms with E-state index in [1.54, 1.807) is 0 Å². The molecule has 0 aromatic rings. The molecule has 6 heavy (non-hydrogen) atoms. The molecule has 0 spiro atoms. The van der Waals surface area contributed by atoms with Crippen LogP contribution in [-0.2, 0) is 0 Å². The van der Waals surface area contributed by atoms with Crippen molar-refractivity contribution in [3.63, 3.8) is 0 Å². The van der Waals surface area contributed by atoms with E-state index in [9.17, 15) is 0 Å². The molecule has 0 saturated heterocycles. The third-order valence-corrected chi connectivity index (χ3v) is 0. The molecule has 0 amide bonds. The summed E-state index contributed by atoms with van der Waals surface area (Å²) in [6.45, 7) is 0. The van der Waals surface area contributed by atoms with Crippen LogP contribution in [0.5, 0.6) is 0 Å². The molecule has 0 heterocycles. The van der Waals surface area contributed by atoms with E-state index in [0.717, 1.165) is 0 Å². The molecule has 3 nitrogen and oxygen atoms in total. The Morgan fingerprint density at radius 1 is 1.17 bits per heavy atom. The second kappa shape index (κ2) is 9.71. The van der Waals surface area contributed by atoms with Gasteiger partial charge in [-0.3, -0.25) is 0 Å². The van der Waals surface area contributed by atoms with Gasteiger partial charge in [0.05, 0.1) is 0 Å². The van der Waals surface area contributed by atoms with Gasteiger partial charge >= 0.3 is 37.7 Å². The summed E-state index contributed by atoms with van der Waals surface area (Å²) >= 11 is 0. The Kier molecular flexibility index (Phi) is 25.3. The van der Waals surface area contributed by atoms with E-state index in [0.29, 0.717) is 0 Å². The largest absolute Gasteiger partial charge is 1.00 e. The molecule has 0 unspecified atom stereocenters. The van der Waals surface area contributed by atoms with Gasteiger partial charge in [-0.25, -0.2) is 8.53 Å². The van der Waals surface area contributed by atoms with Crippen LogP contribution in [0.3, 0.4) is 0 Å². The van der Waals surface area contributed by atoms with Crippen molar-refractivity contribution in [2.45, 2.75) is 0 Å². The number of hydrogen-bond donors (Lipinski definition) is 1.